The molecule has 1 rings (SSSR count). The van der Waals surface area contributed by atoms with E-state index in [1.165, 1.54) is 6.54 Å². The maximum Gasteiger partial charge on any atom is 0.293 e. The minimum absolute atomic E-state index is 0.318. The fraction of sp³-hybridized carbons (Fsp3) is 0.786. The number of rotatable bonds is 3. The molecule has 1 fully saturated rings. The van der Waals surface area contributed by atoms with E-state index in [2.05, 4.69) is 41.0 Å². The Balaban J connectivity index is 0.000000360. The fourth-order valence-corrected chi connectivity index (χ4v) is 1.54. The fourth-order valence-electron chi connectivity index (χ4n) is 1.54. The second kappa shape index (κ2) is 9.11. The van der Waals surface area contributed by atoms with Crippen LogP contribution in [0.3, 0.4) is 0 Å². The third-order valence-corrected chi connectivity index (χ3v) is 2.62. The van der Waals surface area contributed by atoms with Crippen molar-refractivity contribution in [3.63, 3.8) is 0 Å². The quantitative estimate of drug-likeness (QED) is 0.618. The average Bonchev–Trinajstić information content (AvgIpc) is 2.27. The molecule has 1 atom stereocenters. The number of carbonyl (C=O) groups excluding carboxylic acids is 1. The first-order valence-corrected chi connectivity index (χ1v) is 6.58. The van der Waals surface area contributed by atoms with Crippen LogP contribution in [0, 0.1) is 0 Å². The van der Waals surface area contributed by atoms with Crippen molar-refractivity contribution in [1.82, 2.24) is 10.2 Å². The van der Waals surface area contributed by atoms with E-state index < -0.39 is 0 Å². The molecule has 1 N–H and O–H groups in total. The van der Waals surface area contributed by atoms with E-state index in [9.17, 15) is 4.79 Å². The molecule has 1 saturated heterocycles. The van der Waals surface area contributed by atoms with Gasteiger partial charge in [0.15, 0.2) is 0 Å². The highest BCUT2D eigenvalue weighted by atomic mass is 16.5. The molecule has 1 aliphatic heterocycles. The van der Waals surface area contributed by atoms with E-state index in [0.717, 1.165) is 19.6 Å². The lowest BCUT2D eigenvalue weighted by Gasteiger charge is -2.32. The predicted molar refractivity (Wildman–Crippen MR) is 75.6 cm³/mol. The number of ether oxygens (including phenoxy) is 1. The summed E-state index contributed by atoms with van der Waals surface area (Å²) in [5.41, 5.74) is -0.318. The van der Waals surface area contributed by atoms with Gasteiger partial charge in [0.25, 0.3) is 6.47 Å². The Morgan fingerprint density at radius 2 is 2.11 bits per heavy atom. The lowest BCUT2D eigenvalue weighted by atomic mass is 10.2. The Morgan fingerprint density at radius 1 is 1.44 bits per heavy atom. The normalized spacial score (nSPS) is 21.3. The van der Waals surface area contributed by atoms with Gasteiger partial charge in [0.2, 0.25) is 0 Å². The van der Waals surface area contributed by atoms with Crippen molar-refractivity contribution >= 4 is 6.47 Å². The smallest absolute Gasteiger partial charge is 0.293 e. The molecule has 0 aromatic heterocycles. The first-order chi connectivity index (χ1) is 8.40. The molecule has 106 valence electrons. The number of carbonyl (C=O) groups is 1. The summed E-state index contributed by atoms with van der Waals surface area (Å²) in [5.74, 6) is 0. The van der Waals surface area contributed by atoms with Gasteiger partial charge in [-0.05, 0) is 34.6 Å². The zero-order valence-electron chi connectivity index (χ0n) is 12.4. The molecule has 0 amide bonds. The van der Waals surface area contributed by atoms with Gasteiger partial charge in [0.05, 0.1) is 0 Å². The number of nitrogens with one attached hydrogen (secondary N) is 1. The minimum atomic E-state index is -0.318. The van der Waals surface area contributed by atoms with Crippen LogP contribution in [0.2, 0.25) is 0 Å². The van der Waals surface area contributed by atoms with Crippen LogP contribution >= 0.6 is 0 Å². The number of hydrogen-bond donors (Lipinski definition) is 1. The molecule has 0 unspecified atom stereocenters. The van der Waals surface area contributed by atoms with Gasteiger partial charge in [0.1, 0.15) is 5.60 Å². The van der Waals surface area contributed by atoms with Gasteiger partial charge in [-0.25, -0.2) is 0 Å². The molecular weight excluding hydrogens is 228 g/mol. The molecule has 1 aliphatic rings. The maximum absolute atomic E-state index is 9.60. The van der Waals surface area contributed by atoms with Crippen molar-refractivity contribution in [2.24, 2.45) is 0 Å². The Hall–Kier alpha value is -0.870. The molecule has 18 heavy (non-hydrogen) atoms. The van der Waals surface area contributed by atoms with Crippen LogP contribution < -0.4 is 5.32 Å². The van der Waals surface area contributed by atoms with Gasteiger partial charge < -0.3 is 10.1 Å². The third-order valence-electron chi connectivity index (χ3n) is 2.62. The number of allylic oxidation sites excluding steroid dienone is 1. The monoisotopic (exact) mass is 256 g/mol. The van der Waals surface area contributed by atoms with Crippen molar-refractivity contribution in [1.29, 1.82) is 0 Å². The minimum Gasteiger partial charge on any atom is -0.462 e. The molecule has 4 heteroatoms. The van der Waals surface area contributed by atoms with E-state index in [0.29, 0.717) is 12.5 Å². The van der Waals surface area contributed by atoms with Gasteiger partial charge in [0, 0.05) is 32.2 Å². The molecule has 0 aromatic carbocycles. The Morgan fingerprint density at radius 3 is 2.50 bits per heavy atom. The summed E-state index contributed by atoms with van der Waals surface area (Å²) in [6.45, 7) is 14.8. The van der Waals surface area contributed by atoms with Crippen LogP contribution in [0.1, 0.15) is 34.6 Å². The van der Waals surface area contributed by atoms with Crippen LogP contribution in [0.5, 0.6) is 0 Å². The second-order valence-corrected chi connectivity index (χ2v) is 5.44. The first kappa shape index (κ1) is 17.1. The molecule has 0 bridgehead atoms. The van der Waals surface area contributed by atoms with Crippen molar-refractivity contribution in [2.75, 3.05) is 26.2 Å². The maximum atomic E-state index is 9.60. The lowest BCUT2D eigenvalue weighted by molar-refractivity contribution is -0.138. The standard InChI is InChI=1S/C9H18N2.C5H10O2/c1-3-4-6-11-7-5-10-8-9(11)2;1-5(2,3)7-4-6/h3-4,9-10H,5-8H2,1-2H3;4H,1-3H3/t9-;/m0./s1. The van der Waals surface area contributed by atoms with Crippen molar-refractivity contribution in [3.05, 3.63) is 12.2 Å². The Bertz CT molecular complexity index is 247. The summed E-state index contributed by atoms with van der Waals surface area (Å²) < 4.78 is 4.55. The Kier molecular flexibility index (Phi) is 8.67. The van der Waals surface area contributed by atoms with E-state index in [1.54, 1.807) is 0 Å². The lowest BCUT2D eigenvalue weighted by Crippen LogP contribution is -2.49. The van der Waals surface area contributed by atoms with Crippen LogP contribution in [-0.4, -0.2) is 49.2 Å². The van der Waals surface area contributed by atoms with E-state index in [1.807, 2.05) is 20.8 Å². The van der Waals surface area contributed by atoms with Gasteiger partial charge in [-0.15, -0.1) is 0 Å². The zero-order valence-corrected chi connectivity index (χ0v) is 12.4. The zero-order chi connectivity index (χ0) is 14.0. The number of nitrogens with zero attached hydrogens (tertiary/aromatic N) is 1. The van der Waals surface area contributed by atoms with Crippen molar-refractivity contribution in [3.8, 4) is 0 Å². The second-order valence-electron chi connectivity index (χ2n) is 5.44. The molecule has 1 heterocycles. The number of piperazine rings is 1. The topological polar surface area (TPSA) is 41.6 Å². The Labute approximate surface area is 111 Å². The molecule has 0 spiro atoms. The summed E-state index contributed by atoms with van der Waals surface area (Å²) in [5, 5.41) is 3.38. The van der Waals surface area contributed by atoms with E-state index >= 15 is 0 Å². The van der Waals surface area contributed by atoms with Gasteiger partial charge in [-0.3, -0.25) is 9.69 Å². The molecule has 0 saturated carbocycles. The molecule has 0 aromatic rings. The molecule has 0 aliphatic carbocycles. The SMILES string of the molecule is CC(C)(C)OC=O.CC=CCN1CCNC[C@@H]1C. The van der Waals surface area contributed by atoms with Crippen LogP contribution in [0.15, 0.2) is 12.2 Å². The highest BCUT2D eigenvalue weighted by Gasteiger charge is 2.15. The third kappa shape index (κ3) is 9.19. The van der Waals surface area contributed by atoms with Crippen molar-refractivity contribution < 1.29 is 9.53 Å². The first-order valence-electron chi connectivity index (χ1n) is 6.58. The van der Waals surface area contributed by atoms with Crippen LogP contribution in [0.25, 0.3) is 0 Å². The summed E-state index contributed by atoms with van der Waals surface area (Å²) in [7, 11) is 0. The highest BCUT2D eigenvalue weighted by molar-refractivity contribution is 5.37. The predicted octanol–water partition coefficient (Wildman–Crippen LogP) is 1.81. The van der Waals surface area contributed by atoms with E-state index in [-0.39, 0.29) is 5.60 Å². The molecular formula is C14H28N2O2. The average molecular weight is 256 g/mol. The summed E-state index contributed by atoms with van der Waals surface area (Å²) in [6, 6.07) is 0.694. The van der Waals surface area contributed by atoms with Crippen molar-refractivity contribution in [2.45, 2.75) is 46.3 Å². The summed E-state index contributed by atoms with van der Waals surface area (Å²) >= 11 is 0. The van der Waals surface area contributed by atoms with E-state index in [4.69, 9.17) is 0 Å². The highest BCUT2D eigenvalue weighted by Crippen LogP contribution is 2.02. The van der Waals surface area contributed by atoms with Gasteiger partial charge in [-0.1, -0.05) is 12.2 Å². The molecule has 0 radical (unpaired) electrons. The van der Waals surface area contributed by atoms with Crippen LogP contribution in [0.4, 0.5) is 0 Å². The number of hydrogen-bond acceptors (Lipinski definition) is 4. The molecule has 4 nitrogen and oxygen atoms in total. The van der Waals surface area contributed by atoms with Gasteiger partial charge >= 0.3 is 0 Å². The van der Waals surface area contributed by atoms with Gasteiger partial charge in [-0.2, -0.15) is 0 Å². The van der Waals surface area contributed by atoms with Crippen LogP contribution in [-0.2, 0) is 9.53 Å². The summed E-state index contributed by atoms with van der Waals surface area (Å²) in [6.07, 6.45) is 4.34. The largest absolute Gasteiger partial charge is 0.462 e. The summed E-state index contributed by atoms with van der Waals surface area (Å²) in [4.78, 5) is 12.1.